The zero-order valence-corrected chi connectivity index (χ0v) is 19.8. The van der Waals surface area contributed by atoms with Crippen molar-refractivity contribution in [2.75, 3.05) is 26.1 Å². The van der Waals surface area contributed by atoms with Gasteiger partial charge in [-0.05, 0) is 83.0 Å². The van der Waals surface area contributed by atoms with E-state index in [4.69, 9.17) is 14.2 Å². The van der Waals surface area contributed by atoms with Crippen LogP contribution in [-0.4, -0.2) is 49.1 Å². The summed E-state index contributed by atoms with van der Waals surface area (Å²) in [6, 6.07) is 4.37. The Morgan fingerprint density at radius 2 is 1.94 bits per heavy atom. The second-order valence-electron chi connectivity index (χ2n) is 9.32. The fourth-order valence-electron chi connectivity index (χ4n) is 5.20. The van der Waals surface area contributed by atoms with Gasteiger partial charge in [-0.2, -0.15) is 0 Å². The summed E-state index contributed by atoms with van der Waals surface area (Å²) in [4.78, 5) is 12.9. The van der Waals surface area contributed by atoms with Gasteiger partial charge in [-0.1, -0.05) is 18.0 Å². The van der Waals surface area contributed by atoms with Gasteiger partial charge in [-0.25, -0.2) is 0 Å². The molecular formula is C24H38N2O4S. The number of nitrogens with one attached hydrogen (secondary N) is 1. The Kier molecular flexibility index (Phi) is 8.51. The molecule has 3 heterocycles. The predicted octanol–water partition coefficient (Wildman–Crippen LogP) is 4.00. The third-order valence-electron chi connectivity index (χ3n) is 7.12. The molecule has 4 rings (SSSR count). The smallest absolute Gasteiger partial charge is 0.254 e. The van der Waals surface area contributed by atoms with Gasteiger partial charge in [0.05, 0.1) is 25.4 Å². The van der Waals surface area contributed by atoms with Crippen LogP contribution in [0.2, 0.25) is 0 Å². The quantitative estimate of drug-likeness (QED) is 0.604. The third kappa shape index (κ3) is 5.93. The van der Waals surface area contributed by atoms with Crippen LogP contribution >= 0.6 is 11.9 Å². The van der Waals surface area contributed by atoms with Crippen molar-refractivity contribution < 1.29 is 14.2 Å². The minimum absolute atomic E-state index is 0.0109. The molecule has 3 unspecified atom stereocenters. The molecule has 0 spiro atoms. The summed E-state index contributed by atoms with van der Waals surface area (Å²) in [5.41, 5.74) is 2.07. The van der Waals surface area contributed by atoms with Gasteiger partial charge in [0.1, 0.15) is 0 Å². The molecule has 1 saturated heterocycles. The summed E-state index contributed by atoms with van der Waals surface area (Å²) < 4.78 is 23.6. The van der Waals surface area contributed by atoms with E-state index in [0.29, 0.717) is 12.5 Å². The van der Waals surface area contributed by atoms with Crippen molar-refractivity contribution in [2.45, 2.75) is 89.2 Å². The van der Waals surface area contributed by atoms with Crippen LogP contribution in [0.4, 0.5) is 0 Å². The Bertz CT molecular complexity index is 756. The molecule has 3 aliphatic rings. The molecule has 1 saturated carbocycles. The van der Waals surface area contributed by atoms with E-state index in [0.717, 1.165) is 75.8 Å². The molecule has 7 heteroatoms. The zero-order valence-electron chi connectivity index (χ0n) is 19.0. The molecule has 174 valence electrons. The predicted molar refractivity (Wildman–Crippen MR) is 124 cm³/mol. The van der Waals surface area contributed by atoms with Gasteiger partial charge >= 0.3 is 0 Å². The maximum Gasteiger partial charge on any atom is 0.254 e. The van der Waals surface area contributed by atoms with Crippen molar-refractivity contribution in [1.29, 1.82) is 0 Å². The van der Waals surface area contributed by atoms with Gasteiger partial charge in [0, 0.05) is 23.9 Å². The number of pyridine rings is 1. The Hall–Kier alpha value is -0.860. The molecule has 1 aromatic heterocycles. The first-order chi connectivity index (χ1) is 15.2. The maximum atomic E-state index is 12.9. The first-order valence-corrected chi connectivity index (χ1v) is 13.2. The van der Waals surface area contributed by atoms with Crippen molar-refractivity contribution in [1.82, 2.24) is 9.29 Å². The number of aryl methyl sites for hydroxylation is 2. The minimum Gasteiger partial charge on any atom is -0.376 e. The van der Waals surface area contributed by atoms with Gasteiger partial charge in [0.15, 0.2) is 6.29 Å². The first-order valence-electron chi connectivity index (χ1n) is 12.0. The Morgan fingerprint density at radius 3 is 2.68 bits per heavy atom. The average Bonchev–Trinajstić information content (AvgIpc) is 2.81. The van der Waals surface area contributed by atoms with Gasteiger partial charge < -0.3 is 18.8 Å². The zero-order chi connectivity index (χ0) is 21.6. The average molecular weight is 451 g/mol. The first kappa shape index (κ1) is 23.3. The lowest BCUT2D eigenvalue weighted by atomic mass is 9.88. The standard InChI is InChI=1S/C24H38N2O4S/c1-17-6-9-19-10-13-21(25-31-2)22(26(19)24(17)27)16-29-20-11-7-18(8-12-20)15-30-23-5-3-4-14-28-23/h6,9,18,20-23,25H,3-5,7-8,10-16H2,1-2H3. The lowest BCUT2D eigenvalue weighted by Crippen LogP contribution is -2.46. The van der Waals surface area contributed by atoms with Crippen LogP contribution in [0.15, 0.2) is 16.9 Å². The van der Waals surface area contributed by atoms with Crippen LogP contribution in [0.25, 0.3) is 0 Å². The number of nitrogens with zero attached hydrogens (tertiary/aromatic N) is 1. The van der Waals surface area contributed by atoms with Gasteiger partial charge in [0.2, 0.25) is 0 Å². The molecule has 3 atom stereocenters. The number of fused-ring (bicyclic) bond motifs is 1. The van der Waals surface area contributed by atoms with Crippen LogP contribution in [-0.2, 0) is 20.6 Å². The van der Waals surface area contributed by atoms with Crippen molar-refractivity contribution >= 4 is 11.9 Å². The molecular weight excluding hydrogens is 412 g/mol. The van der Waals surface area contributed by atoms with E-state index < -0.39 is 0 Å². The molecule has 1 aliphatic carbocycles. The fraction of sp³-hybridized carbons (Fsp3) is 0.792. The van der Waals surface area contributed by atoms with Crippen molar-refractivity contribution in [3.63, 3.8) is 0 Å². The van der Waals surface area contributed by atoms with E-state index in [1.807, 2.05) is 23.8 Å². The fourth-order valence-corrected chi connectivity index (χ4v) is 5.78. The second kappa shape index (κ2) is 11.3. The topological polar surface area (TPSA) is 61.7 Å². The van der Waals surface area contributed by atoms with Crippen LogP contribution in [0, 0.1) is 12.8 Å². The molecule has 0 bridgehead atoms. The highest BCUT2D eigenvalue weighted by Crippen LogP contribution is 2.30. The lowest BCUT2D eigenvalue weighted by molar-refractivity contribution is -0.171. The van der Waals surface area contributed by atoms with Gasteiger partial charge in [-0.3, -0.25) is 9.52 Å². The molecule has 2 aliphatic heterocycles. The number of ether oxygens (including phenoxy) is 3. The molecule has 2 fully saturated rings. The van der Waals surface area contributed by atoms with Crippen molar-refractivity contribution in [3.8, 4) is 0 Å². The van der Waals surface area contributed by atoms with Crippen LogP contribution in [0.5, 0.6) is 0 Å². The van der Waals surface area contributed by atoms with E-state index >= 15 is 0 Å². The second-order valence-corrected chi connectivity index (χ2v) is 9.97. The molecule has 1 aromatic rings. The summed E-state index contributed by atoms with van der Waals surface area (Å²) in [5, 5.41) is 0. The van der Waals surface area contributed by atoms with Crippen molar-refractivity contribution in [3.05, 3.63) is 33.7 Å². The highest BCUT2D eigenvalue weighted by atomic mass is 32.2. The van der Waals surface area contributed by atoms with E-state index in [-0.39, 0.29) is 30.0 Å². The van der Waals surface area contributed by atoms with E-state index in [1.54, 1.807) is 11.9 Å². The summed E-state index contributed by atoms with van der Waals surface area (Å²) in [6.07, 6.45) is 12.1. The summed E-state index contributed by atoms with van der Waals surface area (Å²) in [6.45, 7) is 4.14. The number of hydrogen-bond acceptors (Lipinski definition) is 6. The SMILES string of the molecule is CSNC1CCc2ccc(C)c(=O)n2C1COC1CCC(COC2CCCCO2)CC1. The number of hydrogen-bond donors (Lipinski definition) is 1. The lowest BCUT2D eigenvalue weighted by Gasteiger charge is -2.37. The van der Waals surface area contributed by atoms with Crippen LogP contribution in [0.1, 0.15) is 68.7 Å². The van der Waals surface area contributed by atoms with Gasteiger partial charge in [-0.15, -0.1) is 0 Å². The highest BCUT2D eigenvalue weighted by molar-refractivity contribution is 7.96. The van der Waals surface area contributed by atoms with E-state index in [1.165, 1.54) is 6.42 Å². The third-order valence-corrected chi connectivity index (χ3v) is 7.66. The van der Waals surface area contributed by atoms with Crippen LogP contribution in [0.3, 0.4) is 0 Å². The highest BCUT2D eigenvalue weighted by Gasteiger charge is 2.32. The Labute approximate surface area is 190 Å². The van der Waals surface area contributed by atoms with Crippen molar-refractivity contribution in [2.24, 2.45) is 5.92 Å². The van der Waals surface area contributed by atoms with E-state index in [9.17, 15) is 4.79 Å². The summed E-state index contributed by atoms with van der Waals surface area (Å²) in [7, 11) is 0. The number of aromatic nitrogens is 1. The Morgan fingerprint density at radius 1 is 1.10 bits per heavy atom. The molecule has 0 radical (unpaired) electrons. The monoisotopic (exact) mass is 450 g/mol. The number of rotatable bonds is 8. The molecule has 0 amide bonds. The molecule has 6 nitrogen and oxygen atoms in total. The van der Waals surface area contributed by atoms with Crippen LogP contribution < -0.4 is 10.3 Å². The van der Waals surface area contributed by atoms with Gasteiger partial charge in [0.25, 0.3) is 5.56 Å². The Balaban J connectivity index is 1.29. The molecule has 31 heavy (non-hydrogen) atoms. The minimum atomic E-state index is 0.0109. The largest absolute Gasteiger partial charge is 0.376 e. The summed E-state index contributed by atoms with van der Waals surface area (Å²) >= 11 is 1.63. The molecule has 0 aromatic carbocycles. The van der Waals surface area contributed by atoms with E-state index in [2.05, 4.69) is 10.8 Å². The summed E-state index contributed by atoms with van der Waals surface area (Å²) in [5.74, 6) is 0.608. The maximum absolute atomic E-state index is 12.9. The molecule has 1 N–H and O–H groups in total. The normalized spacial score (nSPS) is 31.4.